The van der Waals surface area contributed by atoms with Gasteiger partial charge in [-0.05, 0) is 6.42 Å². The molecule has 0 spiro atoms. The third-order valence-corrected chi connectivity index (χ3v) is 3.55. The number of unbranched alkanes of at least 4 members (excludes halogenated alkanes) is 2. The largest absolute Gasteiger partial charge is 0.466 e. The molecule has 0 aromatic carbocycles. The Hall–Kier alpha value is -0.220. The maximum Gasteiger partial charge on any atom is 0.307 e. The van der Waals surface area contributed by atoms with Gasteiger partial charge in [-0.3, -0.25) is 4.79 Å². The summed E-state index contributed by atoms with van der Waals surface area (Å²) in [4.78, 5) is 11.4. The fourth-order valence-corrected chi connectivity index (χ4v) is 2.50. The molecule has 1 fully saturated rings. The van der Waals surface area contributed by atoms with Gasteiger partial charge in [-0.15, -0.1) is 0 Å². The summed E-state index contributed by atoms with van der Waals surface area (Å²) in [5.41, 5.74) is 0. The van der Waals surface area contributed by atoms with Gasteiger partial charge < -0.3 is 10.1 Å². The number of hydrogen-bond acceptors (Lipinski definition) is 4. The van der Waals surface area contributed by atoms with Crippen molar-refractivity contribution in [1.29, 1.82) is 0 Å². The Kier molecular flexibility index (Phi) is 6.85. The predicted octanol–water partition coefficient (Wildman–Crippen LogP) is 1.81. The van der Waals surface area contributed by atoms with Crippen molar-refractivity contribution in [1.82, 2.24) is 5.32 Å². The highest BCUT2D eigenvalue weighted by molar-refractivity contribution is 7.99. The highest BCUT2D eigenvalue weighted by atomic mass is 32.2. The van der Waals surface area contributed by atoms with E-state index in [0.29, 0.717) is 19.1 Å². The molecular weight excluding hydrogens is 210 g/mol. The summed E-state index contributed by atoms with van der Waals surface area (Å²) >= 11 is 1.91. The fourth-order valence-electron chi connectivity index (χ4n) is 1.55. The van der Waals surface area contributed by atoms with Gasteiger partial charge in [0.25, 0.3) is 0 Å². The second kappa shape index (κ2) is 7.99. The van der Waals surface area contributed by atoms with Crippen LogP contribution in [0.5, 0.6) is 0 Å². The van der Waals surface area contributed by atoms with Crippen LogP contribution in [0.4, 0.5) is 0 Å². The SMILES string of the molecule is CCCCCOC(=O)CC1CSCCN1. The monoisotopic (exact) mass is 231 g/mol. The van der Waals surface area contributed by atoms with E-state index in [-0.39, 0.29) is 5.97 Å². The van der Waals surface area contributed by atoms with E-state index in [1.807, 2.05) is 11.8 Å². The molecule has 0 radical (unpaired) electrons. The standard InChI is InChI=1S/C11H21NO2S/c1-2-3-4-6-14-11(13)8-10-9-15-7-5-12-10/h10,12H,2-9H2,1H3. The molecule has 3 nitrogen and oxygen atoms in total. The van der Waals surface area contributed by atoms with Crippen LogP contribution < -0.4 is 5.32 Å². The minimum Gasteiger partial charge on any atom is -0.466 e. The number of thioether (sulfide) groups is 1. The zero-order valence-electron chi connectivity index (χ0n) is 9.46. The fraction of sp³-hybridized carbons (Fsp3) is 0.909. The van der Waals surface area contributed by atoms with Crippen molar-refractivity contribution in [2.24, 2.45) is 0 Å². The van der Waals surface area contributed by atoms with Crippen LogP contribution in [-0.4, -0.2) is 36.7 Å². The zero-order chi connectivity index (χ0) is 10.9. The number of carbonyl (C=O) groups is 1. The van der Waals surface area contributed by atoms with Crippen molar-refractivity contribution in [3.05, 3.63) is 0 Å². The molecule has 0 aromatic rings. The van der Waals surface area contributed by atoms with E-state index in [9.17, 15) is 4.79 Å². The van der Waals surface area contributed by atoms with Crippen LogP contribution in [-0.2, 0) is 9.53 Å². The van der Waals surface area contributed by atoms with E-state index in [4.69, 9.17) is 4.74 Å². The predicted molar refractivity (Wildman–Crippen MR) is 64.2 cm³/mol. The van der Waals surface area contributed by atoms with Crippen molar-refractivity contribution in [3.8, 4) is 0 Å². The number of esters is 1. The molecule has 1 unspecified atom stereocenters. The second-order valence-corrected chi connectivity index (χ2v) is 5.01. The summed E-state index contributed by atoms with van der Waals surface area (Å²) in [6.07, 6.45) is 3.83. The molecule has 4 heteroatoms. The van der Waals surface area contributed by atoms with Gasteiger partial charge in [0.05, 0.1) is 13.0 Å². The third-order valence-electron chi connectivity index (χ3n) is 2.42. The lowest BCUT2D eigenvalue weighted by molar-refractivity contribution is -0.144. The summed E-state index contributed by atoms with van der Waals surface area (Å²) in [5, 5.41) is 3.33. The van der Waals surface area contributed by atoms with Gasteiger partial charge in [0.15, 0.2) is 0 Å². The van der Waals surface area contributed by atoms with Crippen LogP contribution in [0.15, 0.2) is 0 Å². The minimum absolute atomic E-state index is 0.0499. The Morgan fingerprint density at radius 2 is 2.40 bits per heavy atom. The number of rotatable bonds is 6. The van der Waals surface area contributed by atoms with Crippen LogP contribution in [0, 0.1) is 0 Å². The average molecular weight is 231 g/mol. The lowest BCUT2D eigenvalue weighted by atomic mass is 10.2. The molecule has 1 aliphatic rings. The van der Waals surface area contributed by atoms with Crippen molar-refractivity contribution < 1.29 is 9.53 Å². The van der Waals surface area contributed by atoms with Gasteiger partial charge in [0, 0.05) is 24.1 Å². The van der Waals surface area contributed by atoms with Gasteiger partial charge in [-0.2, -0.15) is 11.8 Å². The first-order chi connectivity index (χ1) is 7.33. The Morgan fingerprint density at radius 1 is 1.53 bits per heavy atom. The third kappa shape index (κ3) is 6.05. The van der Waals surface area contributed by atoms with Crippen molar-refractivity contribution in [3.63, 3.8) is 0 Å². The quantitative estimate of drug-likeness (QED) is 0.559. The Labute approximate surface area is 96.3 Å². The smallest absolute Gasteiger partial charge is 0.307 e. The molecule has 0 bridgehead atoms. The summed E-state index contributed by atoms with van der Waals surface area (Å²) in [6, 6.07) is 0.322. The summed E-state index contributed by atoms with van der Waals surface area (Å²) in [5.74, 6) is 2.14. The first-order valence-electron chi connectivity index (χ1n) is 5.79. The topological polar surface area (TPSA) is 38.3 Å². The second-order valence-electron chi connectivity index (χ2n) is 3.86. The number of carbonyl (C=O) groups excluding carboxylic acids is 1. The molecule has 1 rings (SSSR count). The van der Waals surface area contributed by atoms with E-state index >= 15 is 0 Å². The molecule has 0 aromatic heterocycles. The lowest BCUT2D eigenvalue weighted by Crippen LogP contribution is -2.39. The molecule has 0 saturated carbocycles. The first-order valence-corrected chi connectivity index (χ1v) is 6.95. The molecule has 15 heavy (non-hydrogen) atoms. The maximum absolute atomic E-state index is 11.4. The van der Waals surface area contributed by atoms with Crippen LogP contribution in [0.25, 0.3) is 0 Å². The summed E-state index contributed by atoms with van der Waals surface area (Å²) in [6.45, 7) is 3.75. The molecular formula is C11H21NO2S. The highest BCUT2D eigenvalue weighted by Crippen LogP contribution is 2.10. The maximum atomic E-state index is 11.4. The highest BCUT2D eigenvalue weighted by Gasteiger charge is 2.17. The van der Waals surface area contributed by atoms with Gasteiger partial charge in [-0.1, -0.05) is 19.8 Å². The van der Waals surface area contributed by atoms with Crippen molar-refractivity contribution in [2.75, 3.05) is 24.7 Å². The zero-order valence-corrected chi connectivity index (χ0v) is 10.3. The van der Waals surface area contributed by atoms with E-state index in [1.165, 1.54) is 6.42 Å². The molecule has 1 saturated heterocycles. The van der Waals surface area contributed by atoms with Gasteiger partial charge in [0.2, 0.25) is 0 Å². The number of ether oxygens (including phenoxy) is 1. The summed E-state index contributed by atoms with van der Waals surface area (Å²) < 4.78 is 5.16. The Morgan fingerprint density at radius 3 is 3.07 bits per heavy atom. The minimum atomic E-state index is -0.0499. The van der Waals surface area contributed by atoms with E-state index < -0.39 is 0 Å². The van der Waals surface area contributed by atoms with Gasteiger partial charge >= 0.3 is 5.97 Å². The summed E-state index contributed by atoms with van der Waals surface area (Å²) in [7, 11) is 0. The molecule has 1 atom stereocenters. The lowest BCUT2D eigenvalue weighted by Gasteiger charge is -2.22. The number of nitrogens with one attached hydrogen (secondary N) is 1. The van der Waals surface area contributed by atoms with E-state index in [2.05, 4.69) is 12.2 Å². The molecule has 88 valence electrons. The van der Waals surface area contributed by atoms with Gasteiger partial charge in [-0.25, -0.2) is 0 Å². The van der Waals surface area contributed by atoms with Crippen molar-refractivity contribution >= 4 is 17.7 Å². The Bertz CT molecular complexity index is 181. The van der Waals surface area contributed by atoms with Crippen LogP contribution in [0.1, 0.15) is 32.6 Å². The van der Waals surface area contributed by atoms with E-state index in [1.54, 1.807) is 0 Å². The molecule has 1 N–H and O–H groups in total. The van der Waals surface area contributed by atoms with Gasteiger partial charge in [0.1, 0.15) is 0 Å². The van der Waals surface area contributed by atoms with Crippen molar-refractivity contribution in [2.45, 2.75) is 38.6 Å². The molecule has 1 heterocycles. The average Bonchev–Trinajstić information content (AvgIpc) is 2.26. The molecule has 0 amide bonds. The van der Waals surface area contributed by atoms with E-state index in [0.717, 1.165) is 30.9 Å². The molecule has 1 aliphatic heterocycles. The van der Waals surface area contributed by atoms with Crippen LogP contribution in [0.3, 0.4) is 0 Å². The molecule has 0 aliphatic carbocycles. The first kappa shape index (κ1) is 12.8. The normalized spacial score (nSPS) is 21.3. The number of hydrogen-bond donors (Lipinski definition) is 1. The Balaban J connectivity index is 2.01. The van der Waals surface area contributed by atoms with Crippen LogP contribution in [0.2, 0.25) is 0 Å². The van der Waals surface area contributed by atoms with Crippen LogP contribution >= 0.6 is 11.8 Å².